The number of aliphatic hydroxyl groups excluding tert-OH is 1. The molecular weight excluding hydrogens is 266 g/mol. The minimum Gasteiger partial charge on any atom is -0.497 e. The second-order valence-electron chi connectivity index (χ2n) is 6.64. The highest BCUT2D eigenvalue weighted by Crippen LogP contribution is 2.34. The number of aliphatic hydroxyl groups is 1. The van der Waals surface area contributed by atoms with Gasteiger partial charge in [-0.05, 0) is 23.6 Å². The first-order chi connectivity index (χ1) is 9.74. The molecular formula is C17H29NO3. The van der Waals surface area contributed by atoms with Crippen molar-refractivity contribution in [1.29, 1.82) is 0 Å². The third-order valence-corrected chi connectivity index (χ3v) is 3.19. The van der Waals surface area contributed by atoms with Gasteiger partial charge in [-0.15, -0.1) is 0 Å². The molecule has 1 atom stereocenters. The summed E-state index contributed by atoms with van der Waals surface area (Å²) < 4.78 is 11.1. The van der Waals surface area contributed by atoms with Crippen molar-refractivity contribution in [1.82, 2.24) is 5.32 Å². The predicted molar refractivity (Wildman–Crippen MR) is 86.3 cm³/mol. The minimum atomic E-state index is -0.526. The van der Waals surface area contributed by atoms with Gasteiger partial charge in [0.05, 0.1) is 7.11 Å². The molecule has 1 aromatic carbocycles. The second kappa shape index (κ2) is 7.66. The SMILES string of the molecule is COc1ccc(OCC(O)CNC(C)C)c(C(C)(C)C)c1. The smallest absolute Gasteiger partial charge is 0.123 e. The van der Waals surface area contributed by atoms with Crippen molar-refractivity contribution in [2.24, 2.45) is 0 Å². The largest absolute Gasteiger partial charge is 0.497 e. The number of hydrogen-bond donors (Lipinski definition) is 2. The predicted octanol–water partition coefficient (Wildman–Crippen LogP) is 2.73. The molecule has 0 fully saturated rings. The van der Waals surface area contributed by atoms with Gasteiger partial charge in [0.25, 0.3) is 0 Å². The summed E-state index contributed by atoms with van der Waals surface area (Å²) in [6, 6.07) is 6.13. The zero-order valence-corrected chi connectivity index (χ0v) is 14.1. The highest BCUT2D eigenvalue weighted by molar-refractivity contribution is 5.44. The first-order valence-electron chi connectivity index (χ1n) is 7.46. The fourth-order valence-electron chi connectivity index (χ4n) is 1.96. The maximum Gasteiger partial charge on any atom is 0.123 e. The molecule has 2 N–H and O–H groups in total. The lowest BCUT2D eigenvalue weighted by Crippen LogP contribution is -2.35. The minimum absolute atomic E-state index is 0.0506. The van der Waals surface area contributed by atoms with Gasteiger partial charge in [0.15, 0.2) is 0 Å². The Morgan fingerprint density at radius 1 is 1.24 bits per heavy atom. The van der Waals surface area contributed by atoms with E-state index in [0.717, 1.165) is 17.1 Å². The van der Waals surface area contributed by atoms with Crippen LogP contribution < -0.4 is 14.8 Å². The Hall–Kier alpha value is -1.26. The number of methoxy groups -OCH3 is 1. The van der Waals surface area contributed by atoms with Crippen LogP contribution in [0.5, 0.6) is 11.5 Å². The van der Waals surface area contributed by atoms with Crippen molar-refractivity contribution in [2.75, 3.05) is 20.3 Å². The van der Waals surface area contributed by atoms with E-state index in [1.807, 2.05) is 18.2 Å². The molecule has 1 unspecified atom stereocenters. The molecule has 0 spiro atoms. The van der Waals surface area contributed by atoms with Crippen LogP contribution in [-0.2, 0) is 5.41 Å². The Labute approximate surface area is 128 Å². The van der Waals surface area contributed by atoms with E-state index in [0.29, 0.717) is 12.6 Å². The van der Waals surface area contributed by atoms with Crippen molar-refractivity contribution in [2.45, 2.75) is 52.2 Å². The van der Waals surface area contributed by atoms with Crippen LogP contribution in [0.2, 0.25) is 0 Å². The molecule has 1 aromatic rings. The molecule has 4 heteroatoms. The van der Waals surface area contributed by atoms with Gasteiger partial charge in [0.2, 0.25) is 0 Å². The Morgan fingerprint density at radius 2 is 1.90 bits per heavy atom. The van der Waals surface area contributed by atoms with Crippen molar-refractivity contribution in [3.63, 3.8) is 0 Å². The number of ether oxygens (including phenoxy) is 2. The zero-order chi connectivity index (χ0) is 16.0. The summed E-state index contributed by atoms with van der Waals surface area (Å²) in [4.78, 5) is 0. The Balaban J connectivity index is 2.74. The molecule has 0 amide bonds. The van der Waals surface area contributed by atoms with Crippen LogP contribution in [0, 0.1) is 0 Å². The van der Waals surface area contributed by atoms with Crippen molar-refractivity contribution in [3.8, 4) is 11.5 Å². The molecule has 0 aliphatic heterocycles. The molecule has 0 radical (unpaired) electrons. The molecule has 0 saturated heterocycles. The van der Waals surface area contributed by atoms with Gasteiger partial charge in [-0.3, -0.25) is 0 Å². The van der Waals surface area contributed by atoms with Gasteiger partial charge in [-0.2, -0.15) is 0 Å². The average Bonchev–Trinajstić information content (AvgIpc) is 2.41. The monoisotopic (exact) mass is 295 g/mol. The number of nitrogens with one attached hydrogen (secondary N) is 1. The summed E-state index contributed by atoms with van der Waals surface area (Å²) in [5.41, 5.74) is 1.02. The number of hydrogen-bond acceptors (Lipinski definition) is 4. The summed E-state index contributed by atoms with van der Waals surface area (Å²) >= 11 is 0. The van der Waals surface area contributed by atoms with Crippen LogP contribution >= 0.6 is 0 Å². The lowest BCUT2D eigenvalue weighted by molar-refractivity contribution is 0.103. The summed E-state index contributed by atoms with van der Waals surface area (Å²) in [6.45, 7) is 11.3. The van der Waals surface area contributed by atoms with E-state index in [9.17, 15) is 5.11 Å². The van der Waals surface area contributed by atoms with Crippen LogP contribution in [0.3, 0.4) is 0 Å². The standard InChI is InChI=1S/C17H29NO3/c1-12(2)18-10-13(19)11-21-16-8-7-14(20-6)9-15(16)17(3,4)5/h7-9,12-13,18-19H,10-11H2,1-6H3. The molecule has 0 bridgehead atoms. The van der Waals surface area contributed by atoms with E-state index < -0.39 is 6.10 Å². The highest BCUT2D eigenvalue weighted by atomic mass is 16.5. The fraction of sp³-hybridized carbons (Fsp3) is 0.647. The van der Waals surface area contributed by atoms with Crippen LogP contribution in [-0.4, -0.2) is 37.5 Å². The van der Waals surface area contributed by atoms with Gasteiger partial charge in [-0.1, -0.05) is 34.6 Å². The quantitative estimate of drug-likeness (QED) is 0.812. The molecule has 0 aliphatic rings. The van der Waals surface area contributed by atoms with E-state index >= 15 is 0 Å². The molecule has 1 rings (SSSR count). The van der Waals surface area contributed by atoms with Crippen molar-refractivity contribution in [3.05, 3.63) is 23.8 Å². The lowest BCUT2D eigenvalue weighted by Gasteiger charge is -2.24. The van der Waals surface area contributed by atoms with Gasteiger partial charge < -0.3 is 19.9 Å². The third kappa shape index (κ3) is 5.94. The summed E-state index contributed by atoms with van der Waals surface area (Å²) in [5, 5.41) is 13.1. The normalized spacial score (nSPS) is 13.3. The van der Waals surface area contributed by atoms with E-state index in [1.54, 1.807) is 7.11 Å². The molecule has 21 heavy (non-hydrogen) atoms. The van der Waals surface area contributed by atoms with Crippen molar-refractivity contribution < 1.29 is 14.6 Å². The molecule has 120 valence electrons. The average molecular weight is 295 g/mol. The first-order valence-corrected chi connectivity index (χ1v) is 7.46. The maximum absolute atomic E-state index is 9.94. The maximum atomic E-state index is 9.94. The summed E-state index contributed by atoms with van der Waals surface area (Å²) in [6.07, 6.45) is -0.526. The van der Waals surface area contributed by atoms with Gasteiger partial charge in [-0.25, -0.2) is 0 Å². The summed E-state index contributed by atoms with van der Waals surface area (Å²) in [7, 11) is 1.66. The van der Waals surface area contributed by atoms with E-state index in [4.69, 9.17) is 9.47 Å². The number of rotatable bonds is 7. The number of benzene rings is 1. The molecule has 0 aromatic heterocycles. The van der Waals surface area contributed by atoms with Crippen LogP contribution in [0.15, 0.2) is 18.2 Å². The zero-order valence-electron chi connectivity index (χ0n) is 14.1. The van der Waals surface area contributed by atoms with Crippen LogP contribution in [0.25, 0.3) is 0 Å². The van der Waals surface area contributed by atoms with E-state index in [2.05, 4.69) is 39.9 Å². The second-order valence-corrected chi connectivity index (χ2v) is 6.64. The fourth-order valence-corrected chi connectivity index (χ4v) is 1.96. The highest BCUT2D eigenvalue weighted by Gasteiger charge is 2.20. The van der Waals surface area contributed by atoms with E-state index in [-0.39, 0.29) is 12.0 Å². The van der Waals surface area contributed by atoms with Crippen LogP contribution in [0.1, 0.15) is 40.2 Å². The van der Waals surface area contributed by atoms with Crippen molar-refractivity contribution >= 4 is 0 Å². The van der Waals surface area contributed by atoms with Crippen LogP contribution in [0.4, 0.5) is 0 Å². The topological polar surface area (TPSA) is 50.7 Å². The van der Waals surface area contributed by atoms with Gasteiger partial charge in [0, 0.05) is 18.2 Å². The molecule has 0 aliphatic carbocycles. The Kier molecular flexibility index (Phi) is 6.49. The summed E-state index contributed by atoms with van der Waals surface area (Å²) in [5.74, 6) is 1.61. The van der Waals surface area contributed by atoms with E-state index in [1.165, 1.54) is 0 Å². The third-order valence-electron chi connectivity index (χ3n) is 3.19. The molecule has 0 heterocycles. The Bertz CT molecular complexity index is 438. The molecule has 0 saturated carbocycles. The lowest BCUT2D eigenvalue weighted by atomic mass is 9.86. The first kappa shape index (κ1) is 17.8. The molecule has 4 nitrogen and oxygen atoms in total. The van der Waals surface area contributed by atoms with Gasteiger partial charge >= 0.3 is 0 Å². The van der Waals surface area contributed by atoms with Gasteiger partial charge in [0.1, 0.15) is 24.2 Å². The Morgan fingerprint density at radius 3 is 2.43 bits per heavy atom.